The molecule has 2 aromatic carbocycles. The van der Waals surface area contributed by atoms with Crippen LogP contribution in [0.1, 0.15) is 11.1 Å². The minimum Gasteiger partial charge on any atom is -0.489 e. The van der Waals surface area contributed by atoms with E-state index in [1.807, 2.05) is 54.6 Å². The van der Waals surface area contributed by atoms with Crippen LogP contribution in [0.2, 0.25) is 0 Å². The van der Waals surface area contributed by atoms with Gasteiger partial charge in [-0.2, -0.15) is 0 Å². The van der Waals surface area contributed by atoms with Gasteiger partial charge in [0.05, 0.1) is 4.91 Å². The Labute approximate surface area is 132 Å². The molecular formula is C17H14N2O2S. The quantitative estimate of drug-likeness (QED) is 0.851. The van der Waals surface area contributed by atoms with Gasteiger partial charge in [-0.05, 0) is 41.1 Å². The number of amides is 1. The van der Waals surface area contributed by atoms with Crippen LogP contribution < -0.4 is 10.1 Å². The van der Waals surface area contributed by atoms with Gasteiger partial charge in [-0.15, -0.1) is 0 Å². The fourth-order valence-corrected chi connectivity index (χ4v) is 2.70. The van der Waals surface area contributed by atoms with Crippen molar-refractivity contribution in [3.8, 4) is 5.75 Å². The summed E-state index contributed by atoms with van der Waals surface area (Å²) in [7, 11) is 0. The van der Waals surface area contributed by atoms with E-state index < -0.39 is 0 Å². The molecule has 1 aliphatic rings. The Morgan fingerprint density at radius 1 is 1.09 bits per heavy atom. The lowest BCUT2D eigenvalue weighted by molar-refractivity contribution is -0.115. The first-order valence-corrected chi connectivity index (χ1v) is 7.58. The molecule has 0 radical (unpaired) electrons. The highest BCUT2D eigenvalue weighted by Gasteiger charge is 2.21. The van der Waals surface area contributed by atoms with E-state index in [0.29, 0.717) is 11.5 Å². The minimum absolute atomic E-state index is 0.166. The molecule has 4 nitrogen and oxygen atoms in total. The average Bonchev–Trinajstić information content (AvgIpc) is 2.85. The SMILES string of the molecule is N=C1NC(=O)/C(=C/c2ccc(OCc3ccccc3)cc2)S1. The summed E-state index contributed by atoms with van der Waals surface area (Å²) in [5, 5.41) is 10.0. The number of hydrogen-bond acceptors (Lipinski definition) is 4. The number of carbonyl (C=O) groups excluding carboxylic acids is 1. The molecule has 0 bridgehead atoms. The Kier molecular flexibility index (Phi) is 4.25. The van der Waals surface area contributed by atoms with E-state index in [1.165, 1.54) is 0 Å². The van der Waals surface area contributed by atoms with Gasteiger partial charge in [-0.3, -0.25) is 10.2 Å². The van der Waals surface area contributed by atoms with Crippen molar-refractivity contribution in [3.63, 3.8) is 0 Å². The summed E-state index contributed by atoms with van der Waals surface area (Å²) in [5.74, 6) is 0.557. The molecule has 1 saturated heterocycles. The van der Waals surface area contributed by atoms with Gasteiger partial charge in [0.2, 0.25) is 0 Å². The van der Waals surface area contributed by atoms with E-state index in [0.717, 1.165) is 28.6 Å². The van der Waals surface area contributed by atoms with Crippen LogP contribution in [0.25, 0.3) is 6.08 Å². The first-order valence-electron chi connectivity index (χ1n) is 6.77. The Morgan fingerprint density at radius 3 is 2.45 bits per heavy atom. The number of benzene rings is 2. The predicted molar refractivity (Wildman–Crippen MR) is 88.7 cm³/mol. The highest BCUT2D eigenvalue weighted by molar-refractivity contribution is 8.18. The van der Waals surface area contributed by atoms with Gasteiger partial charge in [-0.1, -0.05) is 42.5 Å². The third-order valence-electron chi connectivity index (χ3n) is 3.09. The van der Waals surface area contributed by atoms with Crippen molar-refractivity contribution in [2.24, 2.45) is 0 Å². The highest BCUT2D eigenvalue weighted by Crippen LogP contribution is 2.25. The van der Waals surface area contributed by atoms with E-state index in [2.05, 4.69) is 5.32 Å². The molecule has 1 fully saturated rings. The number of amidine groups is 1. The van der Waals surface area contributed by atoms with Crippen molar-refractivity contribution in [1.82, 2.24) is 5.32 Å². The van der Waals surface area contributed by atoms with Crippen LogP contribution in [-0.2, 0) is 11.4 Å². The van der Waals surface area contributed by atoms with Crippen molar-refractivity contribution < 1.29 is 9.53 Å². The van der Waals surface area contributed by atoms with Gasteiger partial charge < -0.3 is 10.1 Å². The monoisotopic (exact) mass is 310 g/mol. The summed E-state index contributed by atoms with van der Waals surface area (Å²) < 4.78 is 5.72. The van der Waals surface area contributed by atoms with Crippen LogP contribution in [0, 0.1) is 5.41 Å². The van der Waals surface area contributed by atoms with Crippen LogP contribution in [0.15, 0.2) is 59.5 Å². The summed E-state index contributed by atoms with van der Waals surface area (Å²) in [6.07, 6.45) is 1.77. The Balaban J connectivity index is 1.64. The molecule has 1 amide bonds. The normalized spacial score (nSPS) is 15.9. The van der Waals surface area contributed by atoms with Crippen LogP contribution in [-0.4, -0.2) is 11.1 Å². The average molecular weight is 310 g/mol. The first-order chi connectivity index (χ1) is 10.7. The second-order valence-electron chi connectivity index (χ2n) is 4.74. The minimum atomic E-state index is -0.223. The molecular weight excluding hydrogens is 296 g/mol. The van der Waals surface area contributed by atoms with Crippen molar-refractivity contribution in [2.75, 3.05) is 0 Å². The molecule has 2 aromatic rings. The zero-order valence-electron chi connectivity index (χ0n) is 11.7. The molecule has 0 unspecified atom stereocenters. The molecule has 22 heavy (non-hydrogen) atoms. The van der Waals surface area contributed by atoms with Crippen LogP contribution >= 0.6 is 11.8 Å². The number of nitrogens with one attached hydrogen (secondary N) is 2. The van der Waals surface area contributed by atoms with Gasteiger partial charge >= 0.3 is 0 Å². The van der Waals surface area contributed by atoms with E-state index in [4.69, 9.17) is 10.1 Å². The molecule has 5 heteroatoms. The lowest BCUT2D eigenvalue weighted by Crippen LogP contribution is -2.18. The smallest absolute Gasteiger partial charge is 0.264 e. The van der Waals surface area contributed by atoms with Gasteiger partial charge in [0, 0.05) is 0 Å². The van der Waals surface area contributed by atoms with Crippen molar-refractivity contribution in [2.45, 2.75) is 6.61 Å². The lowest BCUT2D eigenvalue weighted by atomic mass is 10.2. The molecule has 0 spiro atoms. The fourth-order valence-electron chi connectivity index (χ4n) is 1.99. The Bertz CT molecular complexity index is 724. The topological polar surface area (TPSA) is 62.2 Å². The fraction of sp³-hybridized carbons (Fsp3) is 0.0588. The molecule has 1 aliphatic heterocycles. The number of rotatable bonds is 4. The third kappa shape index (κ3) is 3.56. The zero-order chi connectivity index (χ0) is 15.4. The number of thioether (sulfide) groups is 1. The molecule has 110 valence electrons. The van der Waals surface area contributed by atoms with E-state index in [-0.39, 0.29) is 11.1 Å². The van der Waals surface area contributed by atoms with Crippen molar-refractivity contribution >= 4 is 28.9 Å². The molecule has 3 rings (SSSR count). The second kappa shape index (κ2) is 6.49. The highest BCUT2D eigenvalue weighted by atomic mass is 32.2. The van der Waals surface area contributed by atoms with Gasteiger partial charge in [0.15, 0.2) is 5.17 Å². The van der Waals surface area contributed by atoms with Crippen LogP contribution in [0.3, 0.4) is 0 Å². The Hall–Kier alpha value is -2.53. The number of carbonyl (C=O) groups is 1. The van der Waals surface area contributed by atoms with E-state index in [1.54, 1.807) is 6.08 Å². The zero-order valence-corrected chi connectivity index (χ0v) is 12.5. The maximum absolute atomic E-state index is 11.5. The third-order valence-corrected chi connectivity index (χ3v) is 3.92. The second-order valence-corrected chi connectivity index (χ2v) is 5.79. The predicted octanol–water partition coefficient (Wildman–Crippen LogP) is 3.40. The van der Waals surface area contributed by atoms with Crippen molar-refractivity contribution in [1.29, 1.82) is 5.41 Å². The van der Waals surface area contributed by atoms with Gasteiger partial charge in [0.1, 0.15) is 12.4 Å². The van der Waals surface area contributed by atoms with Crippen molar-refractivity contribution in [3.05, 3.63) is 70.6 Å². The maximum Gasteiger partial charge on any atom is 0.264 e. The molecule has 0 atom stereocenters. The largest absolute Gasteiger partial charge is 0.489 e. The Morgan fingerprint density at radius 2 is 1.82 bits per heavy atom. The van der Waals surface area contributed by atoms with Crippen LogP contribution in [0.5, 0.6) is 5.75 Å². The molecule has 0 aromatic heterocycles. The van der Waals surface area contributed by atoms with Gasteiger partial charge in [0.25, 0.3) is 5.91 Å². The summed E-state index contributed by atoms with van der Waals surface area (Å²) in [4.78, 5) is 12.1. The van der Waals surface area contributed by atoms with E-state index >= 15 is 0 Å². The summed E-state index contributed by atoms with van der Waals surface area (Å²) in [6, 6.07) is 17.5. The summed E-state index contributed by atoms with van der Waals surface area (Å²) in [5.41, 5.74) is 2.02. The summed E-state index contributed by atoms with van der Waals surface area (Å²) in [6.45, 7) is 0.525. The molecule has 0 aliphatic carbocycles. The first kappa shape index (κ1) is 14.4. The molecule has 0 saturated carbocycles. The maximum atomic E-state index is 11.5. The molecule has 2 N–H and O–H groups in total. The summed E-state index contributed by atoms with van der Waals surface area (Å²) >= 11 is 1.13. The van der Waals surface area contributed by atoms with E-state index in [9.17, 15) is 4.79 Å². The number of hydrogen-bond donors (Lipinski definition) is 2. The van der Waals surface area contributed by atoms with Crippen LogP contribution in [0.4, 0.5) is 0 Å². The molecule has 1 heterocycles. The van der Waals surface area contributed by atoms with Gasteiger partial charge in [-0.25, -0.2) is 0 Å². The number of ether oxygens (including phenoxy) is 1. The lowest BCUT2D eigenvalue weighted by Gasteiger charge is -2.06. The standard InChI is InChI=1S/C17H14N2O2S/c18-17-19-16(20)15(22-17)10-12-6-8-14(9-7-12)21-11-13-4-2-1-3-5-13/h1-10H,11H2,(H2,18,19,20)/b15-10-.